The number of morpholine rings is 1. The van der Waals surface area contributed by atoms with Crippen LogP contribution < -0.4 is 4.74 Å². The van der Waals surface area contributed by atoms with Crippen molar-refractivity contribution >= 4 is 5.91 Å². The largest absolute Gasteiger partial charge is 0.497 e. The minimum Gasteiger partial charge on any atom is -0.497 e. The summed E-state index contributed by atoms with van der Waals surface area (Å²) in [6.07, 6.45) is 0.376. The molecule has 1 fully saturated rings. The Labute approximate surface area is 136 Å². The molecule has 2 aromatic rings. The average Bonchev–Trinajstić information content (AvgIpc) is 2.62. The highest BCUT2D eigenvalue weighted by Crippen LogP contribution is 2.25. The summed E-state index contributed by atoms with van der Waals surface area (Å²) in [5, 5.41) is 0. The topological polar surface area (TPSA) is 38.8 Å². The fraction of sp³-hybridized carbons (Fsp3) is 0.316. The van der Waals surface area contributed by atoms with E-state index in [1.807, 2.05) is 59.5 Å². The average molecular weight is 311 g/mol. The third-order valence-corrected chi connectivity index (χ3v) is 4.12. The predicted molar refractivity (Wildman–Crippen MR) is 88.4 cm³/mol. The molecule has 4 nitrogen and oxygen atoms in total. The third-order valence-electron chi connectivity index (χ3n) is 4.12. The van der Waals surface area contributed by atoms with E-state index in [4.69, 9.17) is 9.47 Å². The van der Waals surface area contributed by atoms with Crippen LogP contribution in [0.5, 0.6) is 5.75 Å². The molecule has 0 spiro atoms. The van der Waals surface area contributed by atoms with Crippen molar-refractivity contribution in [3.8, 4) is 5.75 Å². The lowest BCUT2D eigenvalue weighted by molar-refractivity contribution is -0.139. The molecule has 0 saturated carbocycles. The standard InChI is InChI=1S/C19H21NO3/c1-22-17-9-5-6-15(12-17)13-19(21)20-10-11-23-14-18(20)16-7-3-2-4-8-16/h2-9,12,18H,10-11,13-14H2,1H3. The van der Waals surface area contributed by atoms with Crippen molar-refractivity contribution in [2.24, 2.45) is 0 Å². The van der Waals surface area contributed by atoms with Crippen molar-refractivity contribution < 1.29 is 14.3 Å². The smallest absolute Gasteiger partial charge is 0.227 e. The molecule has 1 saturated heterocycles. The molecule has 2 aromatic carbocycles. The molecule has 120 valence electrons. The van der Waals surface area contributed by atoms with Crippen LogP contribution in [0.1, 0.15) is 17.2 Å². The van der Waals surface area contributed by atoms with Crippen molar-refractivity contribution in [1.29, 1.82) is 0 Å². The molecule has 4 heteroatoms. The van der Waals surface area contributed by atoms with Gasteiger partial charge in [0.15, 0.2) is 0 Å². The first-order valence-corrected chi connectivity index (χ1v) is 7.83. The molecule has 23 heavy (non-hydrogen) atoms. The lowest BCUT2D eigenvalue weighted by Gasteiger charge is -2.36. The van der Waals surface area contributed by atoms with E-state index in [1.54, 1.807) is 7.11 Å². The van der Waals surface area contributed by atoms with Crippen LogP contribution in [0.4, 0.5) is 0 Å². The highest BCUT2D eigenvalue weighted by Gasteiger charge is 2.28. The first kappa shape index (κ1) is 15.6. The van der Waals surface area contributed by atoms with Crippen molar-refractivity contribution in [2.45, 2.75) is 12.5 Å². The van der Waals surface area contributed by atoms with Crippen LogP contribution in [-0.2, 0) is 16.0 Å². The van der Waals surface area contributed by atoms with E-state index in [2.05, 4.69) is 0 Å². The molecule has 0 bridgehead atoms. The Kier molecular flexibility index (Phi) is 4.93. The van der Waals surface area contributed by atoms with E-state index in [0.29, 0.717) is 26.2 Å². The highest BCUT2D eigenvalue weighted by molar-refractivity contribution is 5.79. The van der Waals surface area contributed by atoms with Gasteiger partial charge in [-0.25, -0.2) is 0 Å². The SMILES string of the molecule is COc1cccc(CC(=O)N2CCOCC2c2ccccc2)c1. The van der Waals surface area contributed by atoms with Crippen LogP contribution in [0.15, 0.2) is 54.6 Å². The summed E-state index contributed by atoms with van der Waals surface area (Å²) in [7, 11) is 1.63. The van der Waals surface area contributed by atoms with Crippen molar-refractivity contribution in [1.82, 2.24) is 4.90 Å². The van der Waals surface area contributed by atoms with Gasteiger partial charge in [0.05, 0.1) is 32.8 Å². The lowest BCUT2D eigenvalue weighted by atomic mass is 10.0. The third kappa shape index (κ3) is 3.71. The quantitative estimate of drug-likeness (QED) is 0.871. The predicted octanol–water partition coefficient (Wildman–Crippen LogP) is 2.84. The van der Waals surface area contributed by atoms with Crippen molar-refractivity contribution in [3.63, 3.8) is 0 Å². The second-order valence-electron chi connectivity index (χ2n) is 5.62. The van der Waals surface area contributed by atoms with Crippen LogP contribution in [0, 0.1) is 0 Å². The van der Waals surface area contributed by atoms with Crippen molar-refractivity contribution in [2.75, 3.05) is 26.9 Å². The van der Waals surface area contributed by atoms with Crippen LogP contribution in [-0.4, -0.2) is 37.7 Å². The van der Waals surface area contributed by atoms with Gasteiger partial charge >= 0.3 is 0 Å². The number of methoxy groups -OCH3 is 1. The summed E-state index contributed by atoms with van der Waals surface area (Å²) >= 11 is 0. The number of nitrogens with zero attached hydrogens (tertiary/aromatic N) is 1. The number of rotatable bonds is 4. The number of hydrogen-bond donors (Lipinski definition) is 0. The Morgan fingerprint density at radius 2 is 2.04 bits per heavy atom. The van der Waals surface area contributed by atoms with Gasteiger partial charge in [0, 0.05) is 6.54 Å². The van der Waals surface area contributed by atoms with Gasteiger partial charge in [-0.05, 0) is 23.3 Å². The second kappa shape index (κ2) is 7.29. The molecule has 0 N–H and O–H groups in total. The maximum atomic E-state index is 12.8. The van der Waals surface area contributed by atoms with Gasteiger partial charge in [0.1, 0.15) is 5.75 Å². The van der Waals surface area contributed by atoms with Gasteiger partial charge in [-0.2, -0.15) is 0 Å². The number of carbonyl (C=O) groups is 1. The van der Waals surface area contributed by atoms with Crippen LogP contribution >= 0.6 is 0 Å². The molecule has 1 amide bonds. The van der Waals surface area contributed by atoms with Crippen LogP contribution in [0.2, 0.25) is 0 Å². The van der Waals surface area contributed by atoms with E-state index in [9.17, 15) is 4.79 Å². The van der Waals surface area contributed by atoms with Gasteiger partial charge < -0.3 is 14.4 Å². The summed E-state index contributed by atoms with van der Waals surface area (Å²) in [4.78, 5) is 14.7. The molecule has 0 radical (unpaired) electrons. The maximum Gasteiger partial charge on any atom is 0.227 e. The first-order valence-electron chi connectivity index (χ1n) is 7.83. The minimum absolute atomic E-state index is 0.0111. The summed E-state index contributed by atoms with van der Waals surface area (Å²) < 4.78 is 10.8. The van der Waals surface area contributed by atoms with Crippen molar-refractivity contribution in [3.05, 3.63) is 65.7 Å². The first-order chi connectivity index (χ1) is 11.3. The summed E-state index contributed by atoms with van der Waals surface area (Å²) in [5.41, 5.74) is 2.08. The number of amides is 1. The fourth-order valence-corrected chi connectivity index (χ4v) is 2.91. The zero-order valence-electron chi connectivity index (χ0n) is 13.3. The Balaban J connectivity index is 1.76. The minimum atomic E-state index is -0.0111. The van der Waals surface area contributed by atoms with Crippen LogP contribution in [0.3, 0.4) is 0 Å². The van der Waals surface area contributed by atoms with Gasteiger partial charge in [-0.15, -0.1) is 0 Å². The van der Waals surface area contributed by atoms with Gasteiger partial charge in [0.2, 0.25) is 5.91 Å². The van der Waals surface area contributed by atoms with E-state index in [-0.39, 0.29) is 11.9 Å². The van der Waals surface area contributed by atoms with Gasteiger partial charge in [-0.3, -0.25) is 4.79 Å². The molecule has 1 unspecified atom stereocenters. The molecular weight excluding hydrogens is 290 g/mol. The molecule has 3 rings (SSSR count). The molecule has 1 heterocycles. The van der Waals surface area contributed by atoms with E-state index in [1.165, 1.54) is 0 Å². The number of ether oxygens (including phenoxy) is 2. The van der Waals surface area contributed by atoms with E-state index >= 15 is 0 Å². The maximum absolute atomic E-state index is 12.8. The molecule has 1 atom stereocenters. The molecule has 0 aliphatic carbocycles. The zero-order chi connectivity index (χ0) is 16.1. The Hall–Kier alpha value is -2.33. The molecule has 1 aliphatic rings. The van der Waals surface area contributed by atoms with E-state index in [0.717, 1.165) is 16.9 Å². The highest BCUT2D eigenvalue weighted by atomic mass is 16.5. The number of carbonyl (C=O) groups excluding carboxylic acids is 1. The van der Waals surface area contributed by atoms with Gasteiger partial charge in [0.25, 0.3) is 0 Å². The van der Waals surface area contributed by atoms with E-state index < -0.39 is 0 Å². The number of benzene rings is 2. The normalized spacial score (nSPS) is 17.8. The van der Waals surface area contributed by atoms with Crippen LogP contribution in [0.25, 0.3) is 0 Å². The lowest BCUT2D eigenvalue weighted by Crippen LogP contribution is -2.44. The molecule has 0 aromatic heterocycles. The summed E-state index contributed by atoms with van der Waals surface area (Å²) in [5.74, 6) is 0.896. The molecular formula is C19H21NO3. The van der Waals surface area contributed by atoms with Gasteiger partial charge in [-0.1, -0.05) is 42.5 Å². The fourth-order valence-electron chi connectivity index (χ4n) is 2.91. The summed E-state index contributed by atoms with van der Waals surface area (Å²) in [6.45, 7) is 1.77. The Bertz CT molecular complexity index is 657. The molecule has 1 aliphatic heterocycles. The summed E-state index contributed by atoms with van der Waals surface area (Å²) in [6, 6.07) is 17.7. The Morgan fingerprint density at radius 1 is 1.22 bits per heavy atom. The second-order valence-corrected chi connectivity index (χ2v) is 5.62. The zero-order valence-corrected chi connectivity index (χ0v) is 13.3. The monoisotopic (exact) mass is 311 g/mol. The Morgan fingerprint density at radius 3 is 2.83 bits per heavy atom. The number of hydrogen-bond acceptors (Lipinski definition) is 3.